The molecule has 1 amide bonds. The van der Waals surface area contributed by atoms with Gasteiger partial charge in [0.05, 0.1) is 0 Å². The van der Waals surface area contributed by atoms with E-state index in [1.54, 1.807) is 13.8 Å². The third-order valence-electron chi connectivity index (χ3n) is 2.73. The molecule has 8 nitrogen and oxygen atoms in total. The second-order valence-electron chi connectivity index (χ2n) is 4.68. The van der Waals surface area contributed by atoms with E-state index in [4.69, 9.17) is 5.11 Å². The van der Waals surface area contributed by atoms with Gasteiger partial charge in [-0.25, -0.2) is 9.59 Å². The Labute approximate surface area is 114 Å². The minimum atomic E-state index is -1.10. The molecule has 0 aliphatic carbocycles. The van der Waals surface area contributed by atoms with Crippen molar-refractivity contribution in [1.82, 2.24) is 14.9 Å². The standard InChI is InChI=1S/C12H17N3O5/c1-7(2)10(11(18)19)13-8(16)3-5-15-6-4-9(17)14-12(15)20/h4,6-7,10H,3,5H2,1-2H3,(H,13,16)(H,18,19)(H,14,17,20). The first-order valence-corrected chi connectivity index (χ1v) is 6.13. The first kappa shape index (κ1) is 15.7. The van der Waals surface area contributed by atoms with Crippen LogP contribution in [0.25, 0.3) is 0 Å². The number of amides is 1. The minimum Gasteiger partial charge on any atom is -0.480 e. The van der Waals surface area contributed by atoms with Crippen LogP contribution in [0.15, 0.2) is 21.9 Å². The van der Waals surface area contributed by atoms with E-state index in [0.717, 1.165) is 0 Å². The molecule has 1 heterocycles. The summed E-state index contributed by atoms with van der Waals surface area (Å²) in [7, 11) is 0. The molecule has 0 aliphatic heterocycles. The quantitative estimate of drug-likeness (QED) is 0.628. The summed E-state index contributed by atoms with van der Waals surface area (Å²) in [6.07, 6.45) is 1.23. The molecular weight excluding hydrogens is 266 g/mol. The Morgan fingerprint density at radius 1 is 1.40 bits per heavy atom. The molecule has 1 atom stereocenters. The van der Waals surface area contributed by atoms with Crippen molar-refractivity contribution in [2.45, 2.75) is 32.9 Å². The lowest BCUT2D eigenvalue weighted by Crippen LogP contribution is -2.44. The molecule has 0 saturated heterocycles. The van der Waals surface area contributed by atoms with Crippen molar-refractivity contribution in [2.24, 2.45) is 5.92 Å². The van der Waals surface area contributed by atoms with Crippen LogP contribution in [0.2, 0.25) is 0 Å². The topological polar surface area (TPSA) is 121 Å². The maximum Gasteiger partial charge on any atom is 0.328 e. The molecule has 0 saturated carbocycles. The fourth-order valence-corrected chi connectivity index (χ4v) is 1.60. The molecule has 0 aliphatic rings. The van der Waals surface area contributed by atoms with E-state index in [1.165, 1.54) is 16.8 Å². The number of H-pyrrole nitrogens is 1. The summed E-state index contributed by atoms with van der Waals surface area (Å²) in [5, 5.41) is 11.3. The van der Waals surface area contributed by atoms with Crippen LogP contribution in [0, 0.1) is 5.92 Å². The Morgan fingerprint density at radius 2 is 2.05 bits per heavy atom. The van der Waals surface area contributed by atoms with E-state index >= 15 is 0 Å². The lowest BCUT2D eigenvalue weighted by Gasteiger charge is -2.17. The van der Waals surface area contributed by atoms with Gasteiger partial charge < -0.3 is 15.0 Å². The number of hydrogen-bond donors (Lipinski definition) is 3. The van der Waals surface area contributed by atoms with Gasteiger partial charge in [0.15, 0.2) is 0 Å². The third-order valence-corrected chi connectivity index (χ3v) is 2.73. The number of nitrogens with zero attached hydrogens (tertiary/aromatic N) is 1. The molecule has 1 rings (SSSR count). The van der Waals surface area contributed by atoms with Gasteiger partial charge in [-0.15, -0.1) is 0 Å². The number of aromatic amines is 1. The van der Waals surface area contributed by atoms with E-state index < -0.39 is 29.2 Å². The van der Waals surface area contributed by atoms with Crippen LogP contribution in [-0.4, -0.2) is 32.6 Å². The van der Waals surface area contributed by atoms with E-state index in [-0.39, 0.29) is 18.9 Å². The Balaban J connectivity index is 2.61. The summed E-state index contributed by atoms with van der Waals surface area (Å²) >= 11 is 0. The smallest absolute Gasteiger partial charge is 0.328 e. The number of nitrogens with one attached hydrogen (secondary N) is 2. The number of rotatable bonds is 6. The maximum atomic E-state index is 11.7. The second kappa shape index (κ2) is 6.69. The normalized spacial score (nSPS) is 12.2. The first-order chi connectivity index (χ1) is 9.31. The fraction of sp³-hybridized carbons (Fsp3) is 0.500. The van der Waals surface area contributed by atoms with E-state index in [2.05, 4.69) is 10.3 Å². The number of hydrogen-bond acceptors (Lipinski definition) is 4. The zero-order valence-corrected chi connectivity index (χ0v) is 11.3. The fourth-order valence-electron chi connectivity index (χ4n) is 1.60. The summed E-state index contributed by atoms with van der Waals surface area (Å²) in [6.45, 7) is 3.43. The Hall–Kier alpha value is -2.38. The van der Waals surface area contributed by atoms with Crippen molar-refractivity contribution in [3.05, 3.63) is 33.1 Å². The lowest BCUT2D eigenvalue weighted by molar-refractivity contribution is -0.143. The number of carbonyl (C=O) groups is 2. The second-order valence-corrected chi connectivity index (χ2v) is 4.68. The van der Waals surface area contributed by atoms with E-state index in [1.807, 2.05) is 0 Å². The molecule has 1 aromatic rings. The zero-order valence-electron chi connectivity index (χ0n) is 11.3. The Morgan fingerprint density at radius 3 is 2.55 bits per heavy atom. The highest BCUT2D eigenvalue weighted by Crippen LogP contribution is 2.02. The molecule has 110 valence electrons. The van der Waals surface area contributed by atoms with Gasteiger partial charge >= 0.3 is 11.7 Å². The number of carboxylic acids is 1. The molecular formula is C12H17N3O5. The molecule has 0 fully saturated rings. The van der Waals surface area contributed by atoms with Crippen LogP contribution >= 0.6 is 0 Å². The van der Waals surface area contributed by atoms with Crippen molar-refractivity contribution in [3.8, 4) is 0 Å². The molecule has 0 aromatic carbocycles. The lowest BCUT2D eigenvalue weighted by atomic mass is 10.0. The molecule has 0 spiro atoms. The van der Waals surface area contributed by atoms with Crippen LogP contribution in [0.1, 0.15) is 20.3 Å². The van der Waals surface area contributed by atoms with Crippen molar-refractivity contribution >= 4 is 11.9 Å². The molecule has 0 radical (unpaired) electrons. The molecule has 8 heteroatoms. The molecule has 1 aromatic heterocycles. The maximum absolute atomic E-state index is 11.7. The van der Waals surface area contributed by atoms with Gasteiger partial charge in [-0.1, -0.05) is 13.8 Å². The van der Waals surface area contributed by atoms with Gasteiger partial charge in [-0.05, 0) is 5.92 Å². The van der Waals surface area contributed by atoms with Gasteiger partial charge in [0, 0.05) is 25.2 Å². The summed E-state index contributed by atoms with van der Waals surface area (Å²) in [5.74, 6) is -1.81. The van der Waals surface area contributed by atoms with Crippen molar-refractivity contribution in [3.63, 3.8) is 0 Å². The van der Waals surface area contributed by atoms with Crippen LogP contribution in [0.3, 0.4) is 0 Å². The Bertz CT molecular complexity index is 602. The number of carbonyl (C=O) groups excluding carboxylic acids is 1. The largest absolute Gasteiger partial charge is 0.480 e. The highest BCUT2D eigenvalue weighted by molar-refractivity contribution is 5.83. The zero-order chi connectivity index (χ0) is 15.3. The van der Waals surface area contributed by atoms with Gasteiger partial charge in [0.2, 0.25) is 5.91 Å². The Kier molecular flexibility index (Phi) is 5.24. The highest BCUT2D eigenvalue weighted by Gasteiger charge is 2.23. The number of carboxylic acid groups (broad SMARTS) is 1. The molecule has 3 N–H and O–H groups in total. The van der Waals surface area contributed by atoms with Crippen LogP contribution in [-0.2, 0) is 16.1 Å². The van der Waals surface area contributed by atoms with Gasteiger partial charge in [-0.2, -0.15) is 0 Å². The van der Waals surface area contributed by atoms with Gasteiger partial charge in [-0.3, -0.25) is 14.6 Å². The highest BCUT2D eigenvalue weighted by atomic mass is 16.4. The summed E-state index contributed by atoms with van der Waals surface area (Å²) in [5.41, 5.74) is -1.12. The average Bonchev–Trinajstić information content (AvgIpc) is 2.34. The number of aliphatic carboxylic acids is 1. The third kappa shape index (κ3) is 4.38. The van der Waals surface area contributed by atoms with Crippen LogP contribution in [0.4, 0.5) is 0 Å². The van der Waals surface area contributed by atoms with Crippen LogP contribution < -0.4 is 16.6 Å². The van der Waals surface area contributed by atoms with Crippen LogP contribution in [0.5, 0.6) is 0 Å². The average molecular weight is 283 g/mol. The van der Waals surface area contributed by atoms with Crippen molar-refractivity contribution in [1.29, 1.82) is 0 Å². The summed E-state index contributed by atoms with van der Waals surface area (Å²) < 4.78 is 1.17. The van der Waals surface area contributed by atoms with Gasteiger partial charge in [0.1, 0.15) is 6.04 Å². The minimum absolute atomic E-state index is 0.0531. The number of aryl methyl sites for hydroxylation is 1. The summed E-state index contributed by atoms with van der Waals surface area (Å²) in [4.78, 5) is 46.9. The molecule has 0 bridgehead atoms. The SMILES string of the molecule is CC(C)C(NC(=O)CCn1ccc(=O)[nH]c1=O)C(=O)O. The predicted octanol–water partition coefficient (Wildman–Crippen LogP) is -0.848. The van der Waals surface area contributed by atoms with Crippen molar-refractivity contribution in [2.75, 3.05) is 0 Å². The van der Waals surface area contributed by atoms with E-state index in [9.17, 15) is 19.2 Å². The molecule has 20 heavy (non-hydrogen) atoms. The predicted molar refractivity (Wildman–Crippen MR) is 70.3 cm³/mol. The van der Waals surface area contributed by atoms with E-state index in [0.29, 0.717) is 0 Å². The number of aromatic nitrogens is 2. The molecule has 1 unspecified atom stereocenters. The van der Waals surface area contributed by atoms with Gasteiger partial charge in [0.25, 0.3) is 5.56 Å². The first-order valence-electron chi connectivity index (χ1n) is 6.13. The van der Waals surface area contributed by atoms with Crippen molar-refractivity contribution < 1.29 is 14.7 Å². The monoisotopic (exact) mass is 283 g/mol. The summed E-state index contributed by atoms with van der Waals surface area (Å²) in [6, 6.07) is 0.211.